The number of rotatable bonds is 41. The number of hydrogen-bond acceptors (Lipinski definition) is 6. The molecule has 0 amide bonds. The maximum absolute atomic E-state index is 12.7. The van der Waals surface area contributed by atoms with Crippen molar-refractivity contribution >= 4 is 17.9 Å². The predicted molar refractivity (Wildman–Crippen MR) is 247 cm³/mol. The van der Waals surface area contributed by atoms with E-state index in [1.165, 1.54) is 77.0 Å². The molecule has 58 heavy (non-hydrogen) atoms. The summed E-state index contributed by atoms with van der Waals surface area (Å²) in [5.41, 5.74) is 0. The van der Waals surface area contributed by atoms with Crippen LogP contribution >= 0.6 is 0 Å². The maximum atomic E-state index is 12.7. The highest BCUT2D eigenvalue weighted by Gasteiger charge is 2.19. The third kappa shape index (κ3) is 43.7. The molecule has 0 fully saturated rings. The Morgan fingerprint density at radius 1 is 0.379 bits per heavy atom. The second kappa shape index (κ2) is 46.3. The summed E-state index contributed by atoms with van der Waals surface area (Å²) in [7, 11) is 0. The lowest BCUT2D eigenvalue weighted by atomic mass is 10.1. The van der Waals surface area contributed by atoms with Crippen molar-refractivity contribution in [3.8, 4) is 0 Å². The number of carbonyl (C=O) groups excluding carboxylic acids is 3. The van der Waals surface area contributed by atoms with E-state index >= 15 is 0 Å². The van der Waals surface area contributed by atoms with Gasteiger partial charge in [0.2, 0.25) is 0 Å². The van der Waals surface area contributed by atoms with Gasteiger partial charge < -0.3 is 14.2 Å². The molecular weight excluding hydrogens is 721 g/mol. The van der Waals surface area contributed by atoms with Gasteiger partial charge in [0.25, 0.3) is 0 Å². The summed E-state index contributed by atoms with van der Waals surface area (Å²) < 4.78 is 16.6. The van der Waals surface area contributed by atoms with Gasteiger partial charge in [-0.15, -0.1) is 0 Å². The first-order valence-electron chi connectivity index (χ1n) is 23.6. The molecule has 0 aliphatic heterocycles. The fraction of sp³-hybridized carbons (Fsp3) is 0.673. The Morgan fingerprint density at radius 3 is 1.22 bits per heavy atom. The Bertz CT molecular complexity index is 1160. The van der Waals surface area contributed by atoms with E-state index in [-0.39, 0.29) is 31.6 Å². The SMILES string of the molecule is CC/C=C\C/C=C\C/C=C\CCCCCCCCC(=O)OCC(COC(=O)C/C=C\C/C=C\C/C=C\CC)OC(=O)CCCCCCCCC/C=C\CCCCCC. The molecule has 0 rings (SSSR count). The minimum Gasteiger partial charge on any atom is -0.462 e. The quantitative estimate of drug-likeness (QED) is 0.0265. The largest absolute Gasteiger partial charge is 0.462 e. The number of ether oxygens (including phenoxy) is 3. The van der Waals surface area contributed by atoms with Crippen molar-refractivity contribution < 1.29 is 28.6 Å². The molecule has 330 valence electrons. The Kier molecular flexibility index (Phi) is 43.6. The molecule has 0 aromatic carbocycles. The molecule has 1 unspecified atom stereocenters. The fourth-order valence-corrected chi connectivity index (χ4v) is 6.16. The topological polar surface area (TPSA) is 78.9 Å². The molecule has 0 spiro atoms. The molecule has 0 heterocycles. The smallest absolute Gasteiger partial charge is 0.309 e. The lowest BCUT2D eigenvalue weighted by Crippen LogP contribution is -2.30. The average molecular weight is 807 g/mol. The van der Waals surface area contributed by atoms with Crippen LogP contribution in [0.1, 0.15) is 207 Å². The van der Waals surface area contributed by atoms with Crippen LogP contribution in [0.25, 0.3) is 0 Å². The summed E-state index contributed by atoms with van der Waals surface area (Å²) in [6.45, 7) is 6.27. The highest BCUT2D eigenvalue weighted by Crippen LogP contribution is 2.13. The van der Waals surface area contributed by atoms with Crippen molar-refractivity contribution in [3.05, 3.63) is 85.1 Å². The molecule has 0 saturated heterocycles. The molecule has 0 bridgehead atoms. The monoisotopic (exact) mass is 807 g/mol. The summed E-state index contributed by atoms with van der Waals surface area (Å²) >= 11 is 0. The molecule has 0 aromatic heterocycles. The third-order valence-electron chi connectivity index (χ3n) is 9.65. The van der Waals surface area contributed by atoms with E-state index in [1.807, 2.05) is 6.08 Å². The number of allylic oxidation sites excluding steroid dienone is 13. The molecule has 0 aliphatic carbocycles. The summed E-state index contributed by atoms with van der Waals surface area (Å²) in [5, 5.41) is 0. The van der Waals surface area contributed by atoms with Crippen LogP contribution in [0, 0.1) is 0 Å². The van der Waals surface area contributed by atoms with Crippen LogP contribution in [0.4, 0.5) is 0 Å². The first kappa shape index (κ1) is 54.6. The molecule has 6 heteroatoms. The van der Waals surface area contributed by atoms with E-state index in [0.717, 1.165) is 89.9 Å². The second-order valence-electron chi connectivity index (χ2n) is 15.3. The van der Waals surface area contributed by atoms with Crippen molar-refractivity contribution in [1.82, 2.24) is 0 Å². The van der Waals surface area contributed by atoms with E-state index in [2.05, 4.69) is 93.7 Å². The Balaban J connectivity index is 4.43. The van der Waals surface area contributed by atoms with E-state index in [0.29, 0.717) is 12.8 Å². The minimum atomic E-state index is -0.818. The van der Waals surface area contributed by atoms with Gasteiger partial charge in [-0.2, -0.15) is 0 Å². The zero-order valence-corrected chi connectivity index (χ0v) is 37.5. The number of carbonyl (C=O) groups is 3. The number of hydrogen-bond donors (Lipinski definition) is 0. The highest BCUT2D eigenvalue weighted by atomic mass is 16.6. The van der Waals surface area contributed by atoms with Crippen molar-refractivity contribution in [1.29, 1.82) is 0 Å². The first-order valence-corrected chi connectivity index (χ1v) is 23.6. The molecule has 0 N–H and O–H groups in total. The highest BCUT2D eigenvalue weighted by molar-refractivity contribution is 5.72. The van der Waals surface area contributed by atoms with Gasteiger partial charge in [-0.3, -0.25) is 14.4 Å². The lowest BCUT2D eigenvalue weighted by Gasteiger charge is -2.18. The van der Waals surface area contributed by atoms with Crippen molar-refractivity contribution in [2.24, 2.45) is 0 Å². The van der Waals surface area contributed by atoms with Gasteiger partial charge in [-0.1, -0.05) is 183 Å². The van der Waals surface area contributed by atoms with Gasteiger partial charge in [-0.25, -0.2) is 0 Å². The average Bonchev–Trinajstić information content (AvgIpc) is 3.22. The summed E-state index contributed by atoms with van der Waals surface area (Å²) in [5.74, 6) is -1.06. The van der Waals surface area contributed by atoms with Crippen molar-refractivity contribution in [2.45, 2.75) is 213 Å². The normalized spacial score (nSPS) is 12.8. The Labute approximate surface area is 356 Å². The van der Waals surface area contributed by atoms with E-state index in [9.17, 15) is 14.4 Å². The first-order chi connectivity index (χ1) is 28.5. The molecule has 1 atom stereocenters. The summed E-state index contributed by atoms with van der Waals surface area (Å²) in [6.07, 6.45) is 58.8. The number of esters is 3. The zero-order chi connectivity index (χ0) is 42.3. The lowest BCUT2D eigenvalue weighted by molar-refractivity contribution is -0.166. The Hall–Kier alpha value is -3.41. The van der Waals surface area contributed by atoms with Gasteiger partial charge in [0.15, 0.2) is 6.10 Å². The minimum absolute atomic E-state index is 0.113. The van der Waals surface area contributed by atoms with Gasteiger partial charge in [0, 0.05) is 12.8 Å². The van der Waals surface area contributed by atoms with Gasteiger partial charge in [-0.05, 0) is 89.9 Å². The molecule has 6 nitrogen and oxygen atoms in total. The molecule has 0 aliphatic rings. The maximum Gasteiger partial charge on any atom is 0.309 e. The standard InChI is InChI=1S/C52H86O6/c1-4-7-10-13-16-19-21-23-25-27-28-30-33-36-39-42-45-51(54)57-48-49(47-56-50(53)44-41-38-35-32-18-15-12-9-6-3)58-52(55)46-43-40-37-34-31-29-26-24-22-20-17-14-11-8-5-2/h7,9-10,12,16,18-20,22-23,25,32,38,41,49H,4-6,8,11,13-15,17,21,24,26-31,33-37,39-40,42-48H2,1-3H3/b10-7-,12-9-,19-16-,22-20-,25-23-,32-18-,41-38-. The fourth-order valence-electron chi connectivity index (χ4n) is 6.16. The molecule has 0 saturated carbocycles. The van der Waals surface area contributed by atoms with Crippen LogP contribution in [-0.4, -0.2) is 37.2 Å². The second-order valence-corrected chi connectivity index (χ2v) is 15.3. The van der Waals surface area contributed by atoms with E-state index in [1.54, 1.807) is 6.08 Å². The molecular formula is C52H86O6. The van der Waals surface area contributed by atoms with Crippen LogP contribution in [0.2, 0.25) is 0 Å². The van der Waals surface area contributed by atoms with Crippen LogP contribution in [0.3, 0.4) is 0 Å². The summed E-state index contributed by atoms with van der Waals surface area (Å²) in [6, 6.07) is 0. The third-order valence-corrected chi connectivity index (χ3v) is 9.65. The zero-order valence-electron chi connectivity index (χ0n) is 37.5. The van der Waals surface area contributed by atoms with Crippen molar-refractivity contribution in [3.63, 3.8) is 0 Å². The molecule has 0 radical (unpaired) electrons. The van der Waals surface area contributed by atoms with Gasteiger partial charge >= 0.3 is 17.9 Å². The van der Waals surface area contributed by atoms with E-state index < -0.39 is 12.1 Å². The van der Waals surface area contributed by atoms with Crippen LogP contribution in [-0.2, 0) is 28.6 Å². The summed E-state index contributed by atoms with van der Waals surface area (Å²) in [4.78, 5) is 37.7. The number of unbranched alkanes of at least 4 members (excludes halogenated alkanes) is 17. The van der Waals surface area contributed by atoms with Gasteiger partial charge in [0.05, 0.1) is 6.42 Å². The molecule has 0 aromatic rings. The predicted octanol–water partition coefficient (Wildman–Crippen LogP) is 15.3. The van der Waals surface area contributed by atoms with Crippen LogP contribution in [0.5, 0.6) is 0 Å². The van der Waals surface area contributed by atoms with Gasteiger partial charge in [0.1, 0.15) is 13.2 Å². The van der Waals surface area contributed by atoms with Crippen molar-refractivity contribution in [2.75, 3.05) is 13.2 Å². The van der Waals surface area contributed by atoms with Crippen LogP contribution in [0.15, 0.2) is 85.1 Å². The van der Waals surface area contributed by atoms with E-state index in [4.69, 9.17) is 14.2 Å². The van der Waals surface area contributed by atoms with Crippen LogP contribution < -0.4 is 0 Å². The Morgan fingerprint density at radius 2 is 0.741 bits per heavy atom.